The molecule has 0 unspecified atom stereocenters. The Labute approximate surface area is 124 Å². The minimum absolute atomic E-state index is 0.198. The van der Waals surface area contributed by atoms with E-state index in [1.807, 2.05) is 0 Å². The van der Waals surface area contributed by atoms with E-state index in [2.05, 4.69) is 41.6 Å². The van der Waals surface area contributed by atoms with Crippen LogP contribution in [0.25, 0.3) is 0 Å². The molecule has 0 atom stereocenters. The van der Waals surface area contributed by atoms with Crippen LogP contribution in [-0.2, 0) is 10.0 Å². The van der Waals surface area contributed by atoms with Gasteiger partial charge in [0, 0.05) is 27.7 Å². The van der Waals surface area contributed by atoms with Crippen LogP contribution in [0.2, 0.25) is 0 Å². The van der Waals surface area contributed by atoms with Crippen LogP contribution in [0, 0.1) is 0 Å². The van der Waals surface area contributed by atoms with Crippen molar-refractivity contribution in [2.24, 2.45) is 0 Å². The molecule has 0 radical (unpaired) electrons. The second kappa shape index (κ2) is 5.56. The first kappa shape index (κ1) is 14.4. The van der Waals surface area contributed by atoms with E-state index in [0.717, 1.165) is 25.7 Å². The third-order valence-corrected chi connectivity index (χ3v) is 6.21. The summed E-state index contributed by atoms with van der Waals surface area (Å²) in [6.07, 6.45) is 6.80. The van der Waals surface area contributed by atoms with Crippen LogP contribution in [-0.4, -0.2) is 24.3 Å². The molecule has 1 aromatic rings. The molecular formula is C11H14Br2N2O2S. The van der Waals surface area contributed by atoms with E-state index in [9.17, 15) is 8.42 Å². The molecule has 1 saturated carbocycles. The molecule has 0 bridgehead atoms. The molecule has 0 spiro atoms. The van der Waals surface area contributed by atoms with Crippen LogP contribution >= 0.6 is 31.9 Å². The third kappa shape index (κ3) is 3.12. The van der Waals surface area contributed by atoms with Crippen molar-refractivity contribution in [2.45, 2.75) is 36.1 Å². The van der Waals surface area contributed by atoms with Crippen molar-refractivity contribution in [1.82, 2.24) is 9.71 Å². The molecule has 0 saturated heterocycles. The van der Waals surface area contributed by atoms with Gasteiger partial charge in [-0.15, -0.1) is 0 Å². The summed E-state index contributed by atoms with van der Waals surface area (Å²) in [5.41, 5.74) is -0.346. The zero-order valence-electron chi connectivity index (χ0n) is 9.70. The molecule has 1 aliphatic carbocycles. The van der Waals surface area contributed by atoms with Gasteiger partial charge in [-0.3, -0.25) is 4.98 Å². The lowest BCUT2D eigenvalue weighted by Gasteiger charge is -2.27. The standard InChI is InChI=1S/C11H14Br2N2O2S/c12-8-11(3-1-2-4-11)15-18(16,17)10-5-9(13)6-14-7-10/h5-7,15H,1-4,8H2. The van der Waals surface area contributed by atoms with Gasteiger partial charge in [0.05, 0.1) is 0 Å². The zero-order valence-corrected chi connectivity index (χ0v) is 13.7. The Kier molecular flexibility index (Phi) is 4.46. The number of sulfonamides is 1. The summed E-state index contributed by atoms with van der Waals surface area (Å²) in [6, 6.07) is 1.56. The highest BCUT2D eigenvalue weighted by molar-refractivity contribution is 9.10. The second-order valence-electron chi connectivity index (χ2n) is 4.57. The van der Waals surface area contributed by atoms with Crippen molar-refractivity contribution < 1.29 is 8.42 Å². The highest BCUT2D eigenvalue weighted by Gasteiger charge is 2.37. The van der Waals surface area contributed by atoms with Crippen molar-refractivity contribution in [1.29, 1.82) is 0 Å². The number of aromatic nitrogens is 1. The zero-order chi connectivity index (χ0) is 13.2. The summed E-state index contributed by atoms with van der Waals surface area (Å²) >= 11 is 6.66. The number of nitrogens with zero attached hydrogens (tertiary/aromatic N) is 1. The summed E-state index contributed by atoms with van der Waals surface area (Å²) < 4.78 is 28.1. The number of alkyl halides is 1. The van der Waals surface area contributed by atoms with Crippen molar-refractivity contribution in [3.63, 3.8) is 0 Å². The maximum atomic E-state index is 12.3. The number of pyridine rings is 1. The quantitative estimate of drug-likeness (QED) is 0.794. The van der Waals surface area contributed by atoms with Crippen LogP contribution in [0.1, 0.15) is 25.7 Å². The minimum atomic E-state index is -3.51. The maximum absolute atomic E-state index is 12.3. The molecule has 0 amide bonds. The molecule has 1 aliphatic rings. The monoisotopic (exact) mass is 396 g/mol. The first-order chi connectivity index (χ1) is 8.47. The first-order valence-corrected chi connectivity index (χ1v) is 9.08. The van der Waals surface area contributed by atoms with E-state index >= 15 is 0 Å². The Morgan fingerprint density at radius 3 is 2.56 bits per heavy atom. The molecule has 1 N–H and O–H groups in total. The molecule has 1 fully saturated rings. The van der Waals surface area contributed by atoms with Crippen LogP contribution < -0.4 is 4.72 Å². The Morgan fingerprint density at radius 1 is 1.33 bits per heavy atom. The molecule has 1 heterocycles. The smallest absolute Gasteiger partial charge is 0.242 e. The number of hydrogen-bond acceptors (Lipinski definition) is 3. The predicted molar refractivity (Wildman–Crippen MR) is 77.3 cm³/mol. The lowest BCUT2D eigenvalue weighted by molar-refractivity contribution is 0.438. The van der Waals surface area contributed by atoms with Gasteiger partial charge in [-0.25, -0.2) is 13.1 Å². The number of nitrogens with one attached hydrogen (secondary N) is 1. The molecule has 7 heteroatoms. The highest BCUT2D eigenvalue weighted by atomic mass is 79.9. The molecule has 4 nitrogen and oxygen atoms in total. The van der Waals surface area contributed by atoms with Crippen molar-refractivity contribution in [3.8, 4) is 0 Å². The summed E-state index contributed by atoms with van der Waals surface area (Å²) in [5, 5.41) is 0.640. The molecule has 0 aliphatic heterocycles. The van der Waals surface area contributed by atoms with E-state index in [0.29, 0.717) is 9.80 Å². The topological polar surface area (TPSA) is 59.1 Å². The van der Waals surface area contributed by atoms with Gasteiger partial charge in [-0.2, -0.15) is 0 Å². The SMILES string of the molecule is O=S(=O)(NC1(CBr)CCCC1)c1cncc(Br)c1. The molecule has 0 aromatic carbocycles. The van der Waals surface area contributed by atoms with Gasteiger partial charge in [0.25, 0.3) is 0 Å². The van der Waals surface area contributed by atoms with E-state index < -0.39 is 10.0 Å². The summed E-state index contributed by atoms with van der Waals surface area (Å²) in [4.78, 5) is 4.09. The van der Waals surface area contributed by atoms with Gasteiger partial charge >= 0.3 is 0 Å². The normalized spacial score (nSPS) is 19.0. The van der Waals surface area contributed by atoms with E-state index in [4.69, 9.17) is 0 Å². The van der Waals surface area contributed by atoms with Crippen molar-refractivity contribution in [3.05, 3.63) is 22.9 Å². The molecule has 1 aromatic heterocycles. The van der Waals surface area contributed by atoms with E-state index in [-0.39, 0.29) is 10.4 Å². The van der Waals surface area contributed by atoms with E-state index in [1.54, 1.807) is 12.3 Å². The van der Waals surface area contributed by atoms with Crippen LogP contribution in [0.4, 0.5) is 0 Å². The number of rotatable bonds is 4. The average molecular weight is 398 g/mol. The van der Waals surface area contributed by atoms with E-state index in [1.165, 1.54) is 6.20 Å². The fourth-order valence-corrected chi connectivity index (χ4v) is 5.05. The van der Waals surface area contributed by atoms with Crippen molar-refractivity contribution in [2.75, 3.05) is 5.33 Å². The lowest BCUT2D eigenvalue weighted by atomic mass is 10.0. The Bertz CT molecular complexity index is 528. The largest absolute Gasteiger partial charge is 0.262 e. The molecule has 2 rings (SSSR count). The number of halogens is 2. The maximum Gasteiger partial charge on any atom is 0.242 e. The third-order valence-electron chi connectivity index (χ3n) is 3.16. The van der Waals surface area contributed by atoms with Gasteiger partial charge in [-0.05, 0) is 34.8 Å². The van der Waals surface area contributed by atoms with Gasteiger partial charge in [0.15, 0.2) is 0 Å². The first-order valence-electron chi connectivity index (χ1n) is 5.68. The fourth-order valence-electron chi connectivity index (χ4n) is 2.20. The van der Waals surface area contributed by atoms with Crippen LogP contribution in [0.5, 0.6) is 0 Å². The summed E-state index contributed by atoms with van der Waals surface area (Å²) in [5.74, 6) is 0. The molecule has 100 valence electrons. The van der Waals surface area contributed by atoms with Crippen LogP contribution in [0.3, 0.4) is 0 Å². The number of hydrogen-bond donors (Lipinski definition) is 1. The molecular weight excluding hydrogens is 384 g/mol. The van der Waals surface area contributed by atoms with Gasteiger partial charge < -0.3 is 0 Å². The van der Waals surface area contributed by atoms with Gasteiger partial charge in [-0.1, -0.05) is 28.8 Å². The lowest BCUT2D eigenvalue weighted by Crippen LogP contribution is -2.47. The molecule has 18 heavy (non-hydrogen) atoms. The predicted octanol–water partition coefficient (Wildman–Crippen LogP) is 2.83. The van der Waals surface area contributed by atoms with Gasteiger partial charge in [0.2, 0.25) is 10.0 Å². The fraction of sp³-hybridized carbons (Fsp3) is 0.545. The summed E-state index contributed by atoms with van der Waals surface area (Å²) in [6.45, 7) is 0. The second-order valence-corrected chi connectivity index (χ2v) is 7.72. The highest BCUT2D eigenvalue weighted by Crippen LogP contribution is 2.32. The van der Waals surface area contributed by atoms with Crippen LogP contribution in [0.15, 0.2) is 27.8 Å². The Balaban J connectivity index is 2.27. The average Bonchev–Trinajstić information content (AvgIpc) is 2.77. The Hall–Kier alpha value is 0.0200. The van der Waals surface area contributed by atoms with Crippen molar-refractivity contribution >= 4 is 41.9 Å². The minimum Gasteiger partial charge on any atom is -0.262 e. The Morgan fingerprint density at radius 2 is 2.00 bits per heavy atom. The summed E-state index contributed by atoms with van der Waals surface area (Å²) in [7, 11) is -3.51. The van der Waals surface area contributed by atoms with Gasteiger partial charge in [0.1, 0.15) is 4.90 Å².